The highest BCUT2D eigenvalue weighted by molar-refractivity contribution is 5.82. The van der Waals surface area contributed by atoms with E-state index >= 15 is 0 Å². The molecule has 9 nitrogen and oxygen atoms in total. The summed E-state index contributed by atoms with van der Waals surface area (Å²) in [5, 5.41) is 3.34. The fraction of sp³-hybridized carbons (Fsp3) is 0.550. The molecule has 0 aliphatic carbocycles. The number of H-pyrrole nitrogens is 1. The number of amides is 1. The van der Waals surface area contributed by atoms with Crippen molar-refractivity contribution in [2.75, 3.05) is 40.5 Å². The van der Waals surface area contributed by atoms with Gasteiger partial charge in [0, 0.05) is 19.2 Å². The molecule has 0 unspecified atom stereocenters. The van der Waals surface area contributed by atoms with Crippen LogP contribution in [0.4, 0.5) is 0 Å². The molecule has 1 aliphatic rings. The molecule has 1 amide bonds. The van der Waals surface area contributed by atoms with Gasteiger partial charge in [0.1, 0.15) is 5.82 Å². The van der Waals surface area contributed by atoms with E-state index in [9.17, 15) is 9.59 Å². The first kappa shape index (κ1) is 21.1. The van der Waals surface area contributed by atoms with Crippen molar-refractivity contribution in [2.45, 2.75) is 32.4 Å². The highest BCUT2D eigenvalue weighted by atomic mass is 16.5. The van der Waals surface area contributed by atoms with E-state index in [1.807, 2.05) is 11.8 Å². The molecule has 1 aliphatic heterocycles. The van der Waals surface area contributed by atoms with Gasteiger partial charge in [0.2, 0.25) is 5.91 Å². The second kappa shape index (κ2) is 9.71. The number of rotatable bonds is 9. The van der Waals surface area contributed by atoms with Crippen LogP contribution in [0.2, 0.25) is 0 Å². The summed E-state index contributed by atoms with van der Waals surface area (Å²) >= 11 is 0. The Kier molecular flexibility index (Phi) is 7.05. The number of aromatic nitrogens is 2. The summed E-state index contributed by atoms with van der Waals surface area (Å²) in [5.41, 5.74) is 0.255. The molecule has 158 valence electrons. The number of likely N-dealkylation sites (N-methyl/N-ethyl adjacent to an activating group) is 1. The molecule has 29 heavy (non-hydrogen) atoms. The van der Waals surface area contributed by atoms with E-state index in [2.05, 4.69) is 15.3 Å². The van der Waals surface area contributed by atoms with Gasteiger partial charge in [-0.3, -0.25) is 14.5 Å². The standard InChI is InChI=1S/C20H28N4O5/c1-4-24(12-19(25)21-10-13-6-5-7-29-13)11-18-22-15-9-17(28-3)16(27-2)8-14(15)20(26)23-18/h8-9,13H,4-7,10-12H2,1-3H3,(H,21,25)(H,22,23,26)/t13-/m0/s1. The van der Waals surface area contributed by atoms with Gasteiger partial charge in [-0.2, -0.15) is 0 Å². The largest absolute Gasteiger partial charge is 0.493 e. The van der Waals surface area contributed by atoms with Crippen molar-refractivity contribution in [1.82, 2.24) is 20.2 Å². The highest BCUT2D eigenvalue weighted by Gasteiger charge is 2.18. The molecule has 0 spiro atoms. The molecular formula is C20H28N4O5. The fourth-order valence-electron chi connectivity index (χ4n) is 3.37. The zero-order chi connectivity index (χ0) is 20.8. The number of hydrogen-bond donors (Lipinski definition) is 2. The molecule has 0 radical (unpaired) electrons. The van der Waals surface area contributed by atoms with Gasteiger partial charge in [-0.25, -0.2) is 4.98 Å². The minimum absolute atomic E-state index is 0.0723. The lowest BCUT2D eigenvalue weighted by Crippen LogP contribution is -2.40. The summed E-state index contributed by atoms with van der Waals surface area (Å²) in [4.78, 5) is 34.0. The Morgan fingerprint density at radius 3 is 2.76 bits per heavy atom. The van der Waals surface area contributed by atoms with Crippen LogP contribution in [0.3, 0.4) is 0 Å². The number of nitrogens with one attached hydrogen (secondary N) is 2. The van der Waals surface area contributed by atoms with Crippen molar-refractivity contribution in [3.05, 3.63) is 28.3 Å². The minimum atomic E-state index is -0.259. The van der Waals surface area contributed by atoms with Crippen molar-refractivity contribution in [2.24, 2.45) is 0 Å². The molecule has 2 aromatic rings. The first-order valence-corrected chi connectivity index (χ1v) is 9.79. The number of nitrogens with zero attached hydrogens (tertiary/aromatic N) is 2. The summed E-state index contributed by atoms with van der Waals surface area (Å²) in [6, 6.07) is 3.29. The number of benzene rings is 1. The zero-order valence-electron chi connectivity index (χ0n) is 17.1. The predicted octanol–water partition coefficient (Wildman–Crippen LogP) is 1.06. The number of carbonyl (C=O) groups is 1. The molecule has 1 aromatic carbocycles. The lowest BCUT2D eigenvalue weighted by molar-refractivity contribution is -0.122. The topological polar surface area (TPSA) is 106 Å². The van der Waals surface area contributed by atoms with Gasteiger partial charge in [-0.15, -0.1) is 0 Å². The van der Waals surface area contributed by atoms with Gasteiger partial charge in [-0.1, -0.05) is 6.92 Å². The second-order valence-electron chi connectivity index (χ2n) is 6.98. The highest BCUT2D eigenvalue weighted by Crippen LogP contribution is 2.29. The monoisotopic (exact) mass is 404 g/mol. The van der Waals surface area contributed by atoms with Gasteiger partial charge in [0.05, 0.1) is 44.3 Å². The number of carbonyl (C=O) groups excluding carboxylic acids is 1. The van der Waals surface area contributed by atoms with Gasteiger partial charge in [0.25, 0.3) is 5.56 Å². The summed E-state index contributed by atoms with van der Waals surface area (Å²) in [6.45, 7) is 4.46. The SMILES string of the molecule is CCN(CC(=O)NC[C@@H]1CCCO1)Cc1nc2cc(OC)c(OC)cc2c(=O)[nH]1. The predicted molar refractivity (Wildman–Crippen MR) is 108 cm³/mol. The van der Waals surface area contributed by atoms with Crippen LogP contribution in [0.5, 0.6) is 11.5 Å². The van der Waals surface area contributed by atoms with Crippen molar-refractivity contribution < 1.29 is 19.0 Å². The molecule has 1 atom stereocenters. The van der Waals surface area contributed by atoms with Crippen LogP contribution in [-0.4, -0.2) is 67.3 Å². The Balaban J connectivity index is 1.69. The molecular weight excluding hydrogens is 376 g/mol. The first-order valence-electron chi connectivity index (χ1n) is 9.79. The summed E-state index contributed by atoms with van der Waals surface area (Å²) in [6.07, 6.45) is 2.13. The maximum atomic E-state index is 12.5. The van der Waals surface area contributed by atoms with Crippen LogP contribution in [0.25, 0.3) is 10.9 Å². The zero-order valence-corrected chi connectivity index (χ0v) is 17.1. The molecule has 1 aromatic heterocycles. The van der Waals surface area contributed by atoms with E-state index < -0.39 is 0 Å². The van der Waals surface area contributed by atoms with Crippen LogP contribution >= 0.6 is 0 Å². The van der Waals surface area contributed by atoms with E-state index in [1.165, 1.54) is 14.2 Å². The van der Waals surface area contributed by atoms with E-state index in [-0.39, 0.29) is 24.1 Å². The quantitative estimate of drug-likeness (QED) is 0.644. The molecule has 1 saturated heterocycles. The third kappa shape index (κ3) is 5.24. The number of hydrogen-bond acceptors (Lipinski definition) is 7. The normalized spacial score (nSPS) is 16.3. The van der Waals surface area contributed by atoms with Gasteiger partial charge < -0.3 is 24.5 Å². The number of aromatic amines is 1. The molecule has 1 fully saturated rings. The van der Waals surface area contributed by atoms with E-state index in [0.29, 0.717) is 47.9 Å². The Bertz CT molecular complexity index is 908. The van der Waals surface area contributed by atoms with Crippen LogP contribution in [-0.2, 0) is 16.1 Å². The van der Waals surface area contributed by atoms with Gasteiger partial charge in [0.15, 0.2) is 11.5 Å². The molecule has 9 heteroatoms. The Morgan fingerprint density at radius 2 is 2.10 bits per heavy atom. The first-order chi connectivity index (χ1) is 14.0. The minimum Gasteiger partial charge on any atom is -0.493 e. The van der Waals surface area contributed by atoms with Gasteiger partial charge in [-0.05, 0) is 25.5 Å². The van der Waals surface area contributed by atoms with Crippen LogP contribution < -0.4 is 20.3 Å². The molecule has 0 saturated carbocycles. The van der Waals surface area contributed by atoms with Crippen molar-refractivity contribution in [1.29, 1.82) is 0 Å². The Labute approximate surface area is 169 Å². The van der Waals surface area contributed by atoms with Crippen LogP contribution in [0.1, 0.15) is 25.6 Å². The maximum Gasteiger partial charge on any atom is 0.258 e. The van der Waals surface area contributed by atoms with Crippen LogP contribution in [0, 0.1) is 0 Å². The molecule has 2 N–H and O–H groups in total. The number of methoxy groups -OCH3 is 2. The smallest absolute Gasteiger partial charge is 0.258 e. The lowest BCUT2D eigenvalue weighted by atomic mass is 10.2. The molecule has 3 rings (SSSR count). The van der Waals surface area contributed by atoms with Crippen molar-refractivity contribution in [3.8, 4) is 11.5 Å². The Morgan fingerprint density at radius 1 is 1.34 bits per heavy atom. The average Bonchev–Trinajstić information content (AvgIpc) is 3.24. The van der Waals surface area contributed by atoms with Crippen molar-refractivity contribution in [3.63, 3.8) is 0 Å². The molecule has 2 heterocycles. The van der Waals surface area contributed by atoms with Crippen LogP contribution in [0.15, 0.2) is 16.9 Å². The second-order valence-corrected chi connectivity index (χ2v) is 6.98. The summed E-state index contributed by atoms with van der Waals surface area (Å²) in [7, 11) is 3.05. The summed E-state index contributed by atoms with van der Waals surface area (Å²) in [5.74, 6) is 1.39. The van der Waals surface area contributed by atoms with E-state index in [0.717, 1.165) is 19.4 Å². The fourth-order valence-corrected chi connectivity index (χ4v) is 3.37. The average molecular weight is 404 g/mol. The molecule has 0 bridgehead atoms. The van der Waals surface area contributed by atoms with Gasteiger partial charge >= 0.3 is 0 Å². The third-order valence-corrected chi connectivity index (χ3v) is 5.00. The van der Waals surface area contributed by atoms with Crippen molar-refractivity contribution >= 4 is 16.8 Å². The third-order valence-electron chi connectivity index (χ3n) is 5.00. The Hall–Kier alpha value is -2.65. The van der Waals surface area contributed by atoms with E-state index in [4.69, 9.17) is 14.2 Å². The van der Waals surface area contributed by atoms with E-state index in [1.54, 1.807) is 12.1 Å². The summed E-state index contributed by atoms with van der Waals surface area (Å²) < 4.78 is 16.1. The number of ether oxygens (including phenoxy) is 3. The lowest BCUT2D eigenvalue weighted by Gasteiger charge is -2.20. The number of fused-ring (bicyclic) bond motifs is 1. The maximum absolute atomic E-state index is 12.5.